The van der Waals surface area contributed by atoms with Crippen LogP contribution in [0.5, 0.6) is 0 Å². The highest BCUT2D eigenvalue weighted by molar-refractivity contribution is 7.09. The molecule has 1 N–H and O–H groups in total. The molecule has 0 spiro atoms. The second-order valence-corrected chi connectivity index (χ2v) is 6.11. The van der Waals surface area contributed by atoms with E-state index in [0.717, 1.165) is 13.0 Å². The SMILES string of the molecule is CCCNC1CCc2c(Cc3nccs3)cccc21. The topological polar surface area (TPSA) is 24.9 Å². The van der Waals surface area contributed by atoms with Crippen LogP contribution in [0.15, 0.2) is 29.8 Å². The van der Waals surface area contributed by atoms with E-state index in [-0.39, 0.29) is 0 Å². The van der Waals surface area contributed by atoms with Crippen molar-refractivity contribution in [1.82, 2.24) is 10.3 Å². The van der Waals surface area contributed by atoms with E-state index >= 15 is 0 Å². The molecule has 1 heterocycles. The highest BCUT2D eigenvalue weighted by Crippen LogP contribution is 2.34. The van der Waals surface area contributed by atoms with E-state index in [9.17, 15) is 0 Å². The standard InChI is InChI=1S/C16H20N2S/c1-2-8-17-15-7-6-13-12(4-3-5-14(13)15)11-16-18-9-10-19-16/h3-5,9-10,15,17H,2,6-8,11H2,1H3. The van der Waals surface area contributed by atoms with E-state index in [0.29, 0.717) is 6.04 Å². The Hall–Kier alpha value is -1.19. The molecule has 0 amide bonds. The van der Waals surface area contributed by atoms with E-state index in [1.165, 1.54) is 35.4 Å². The van der Waals surface area contributed by atoms with Crippen LogP contribution in [-0.4, -0.2) is 11.5 Å². The molecule has 0 fully saturated rings. The number of thiazole rings is 1. The van der Waals surface area contributed by atoms with Crippen LogP contribution in [-0.2, 0) is 12.8 Å². The van der Waals surface area contributed by atoms with Crippen LogP contribution in [0.2, 0.25) is 0 Å². The highest BCUT2D eigenvalue weighted by Gasteiger charge is 2.23. The predicted octanol–water partition coefficient (Wildman–Crippen LogP) is 3.72. The zero-order valence-electron chi connectivity index (χ0n) is 11.4. The summed E-state index contributed by atoms with van der Waals surface area (Å²) in [5, 5.41) is 6.94. The summed E-state index contributed by atoms with van der Waals surface area (Å²) in [6.45, 7) is 3.34. The van der Waals surface area contributed by atoms with Crippen molar-refractivity contribution >= 4 is 11.3 Å². The second-order valence-electron chi connectivity index (χ2n) is 5.13. The molecular weight excluding hydrogens is 252 g/mol. The van der Waals surface area contributed by atoms with Crippen molar-refractivity contribution < 1.29 is 0 Å². The van der Waals surface area contributed by atoms with Gasteiger partial charge in [0, 0.05) is 24.0 Å². The fraction of sp³-hybridized carbons (Fsp3) is 0.438. The van der Waals surface area contributed by atoms with Gasteiger partial charge in [-0.25, -0.2) is 4.98 Å². The third kappa shape index (κ3) is 2.72. The molecule has 0 saturated carbocycles. The fourth-order valence-electron chi connectivity index (χ4n) is 2.93. The third-order valence-corrected chi connectivity index (χ3v) is 4.61. The summed E-state index contributed by atoms with van der Waals surface area (Å²) >= 11 is 1.75. The van der Waals surface area contributed by atoms with Crippen LogP contribution in [0.4, 0.5) is 0 Å². The van der Waals surface area contributed by atoms with E-state index in [4.69, 9.17) is 0 Å². The van der Waals surface area contributed by atoms with E-state index in [2.05, 4.69) is 40.8 Å². The molecular formula is C16H20N2S. The molecule has 3 rings (SSSR count). The van der Waals surface area contributed by atoms with Gasteiger partial charge in [0.1, 0.15) is 0 Å². The average molecular weight is 272 g/mol. The Labute approximate surface area is 118 Å². The molecule has 0 saturated heterocycles. The van der Waals surface area contributed by atoms with Gasteiger partial charge < -0.3 is 5.32 Å². The van der Waals surface area contributed by atoms with Crippen LogP contribution in [0.25, 0.3) is 0 Å². The fourth-order valence-corrected chi connectivity index (χ4v) is 3.57. The number of hydrogen-bond donors (Lipinski definition) is 1. The molecule has 1 aliphatic carbocycles. The molecule has 1 aromatic carbocycles. The number of nitrogens with one attached hydrogen (secondary N) is 1. The van der Waals surface area contributed by atoms with Crippen molar-refractivity contribution in [2.75, 3.05) is 6.54 Å². The molecule has 2 nitrogen and oxygen atoms in total. The van der Waals surface area contributed by atoms with Gasteiger partial charge in [-0.05, 0) is 42.5 Å². The molecule has 0 bridgehead atoms. The number of fused-ring (bicyclic) bond motifs is 1. The molecule has 100 valence electrons. The van der Waals surface area contributed by atoms with E-state index in [1.807, 2.05) is 6.20 Å². The number of rotatable bonds is 5. The summed E-state index contributed by atoms with van der Waals surface area (Å²) in [5.41, 5.74) is 4.54. The molecule has 1 atom stereocenters. The predicted molar refractivity (Wildman–Crippen MR) is 80.7 cm³/mol. The lowest BCUT2D eigenvalue weighted by atomic mass is 10.00. The summed E-state index contributed by atoms with van der Waals surface area (Å²) in [4.78, 5) is 4.41. The van der Waals surface area contributed by atoms with Crippen LogP contribution < -0.4 is 5.32 Å². The second kappa shape index (κ2) is 5.85. The minimum absolute atomic E-state index is 0.561. The lowest BCUT2D eigenvalue weighted by molar-refractivity contribution is 0.529. The van der Waals surface area contributed by atoms with Crippen molar-refractivity contribution in [1.29, 1.82) is 0 Å². The molecule has 1 unspecified atom stereocenters. The lowest BCUT2D eigenvalue weighted by Gasteiger charge is -2.14. The first kappa shape index (κ1) is 12.8. The van der Waals surface area contributed by atoms with E-state index in [1.54, 1.807) is 16.9 Å². The number of benzene rings is 1. The number of aromatic nitrogens is 1. The summed E-state index contributed by atoms with van der Waals surface area (Å²) in [7, 11) is 0. The van der Waals surface area contributed by atoms with Crippen LogP contribution in [0.3, 0.4) is 0 Å². The Kier molecular flexibility index (Phi) is 3.95. The summed E-state index contributed by atoms with van der Waals surface area (Å²) in [6.07, 6.45) is 6.53. The first-order valence-corrected chi connectivity index (χ1v) is 7.99. The summed E-state index contributed by atoms with van der Waals surface area (Å²) < 4.78 is 0. The van der Waals surface area contributed by atoms with Crippen molar-refractivity contribution in [2.45, 2.75) is 38.6 Å². The zero-order chi connectivity index (χ0) is 13.1. The Bertz CT molecular complexity index is 534. The highest BCUT2D eigenvalue weighted by atomic mass is 32.1. The molecule has 2 aromatic rings. The Morgan fingerprint density at radius 3 is 3.16 bits per heavy atom. The largest absolute Gasteiger partial charge is 0.310 e. The minimum Gasteiger partial charge on any atom is -0.310 e. The first-order valence-electron chi connectivity index (χ1n) is 7.11. The van der Waals surface area contributed by atoms with Gasteiger partial charge in [0.2, 0.25) is 0 Å². The van der Waals surface area contributed by atoms with Crippen LogP contribution in [0, 0.1) is 0 Å². The van der Waals surface area contributed by atoms with Gasteiger partial charge in [-0.1, -0.05) is 25.1 Å². The van der Waals surface area contributed by atoms with Crippen molar-refractivity contribution in [2.24, 2.45) is 0 Å². The molecule has 19 heavy (non-hydrogen) atoms. The average Bonchev–Trinajstić information content (AvgIpc) is 3.06. The molecule has 1 aliphatic rings. The smallest absolute Gasteiger partial charge is 0.0968 e. The minimum atomic E-state index is 0.561. The van der Waals surface area contributed by atoms with Crippen molar-refractivity contribution in [3.63, 3.8) is 0 Å². The number of hydrogen-bond acceptors (Lipinski definition) is 3. The Morgan fingerprint density at radius 2 is 2.37 bits per heavy atom. The zero-order valence-corrected chi connectivity index (χ0v) is 12.2. The normalized spacial score (nSPS) is 17.6. The summed E-state index contributed by atoms with van der Waals surface area (Å²) in [5.74, 6) is 0. The maximum atomic E-state index is 4.41. The van der Waals surface area contributed by atoms with E-state index < -0.39 is 0 Å². The van der Waals surface area contributed by atoms with Gasteiger partial charge in [-0.15, -0.1) is 11.3 Å². The van der Waals surface area contributed by atoms with Gasteiger partial charge >= 0.3 is 0 Å². The molecule has 1 aromatic heterocycles. The molecule has 0 radical (unpaired) electrons. The first-order chi connectivity index (χ1) is 9.38. The quantitative estimate of drug-likeness (QED) is 0.897. The Balaban J connectivity index is 1.82. The number of nitrogens with zero attached hydrogens (tertiary/aromatic N) is 1. The van der Waals surface area contributed by atoms with Gasteiger partial charge in [0.05, 0.1) is 5.01 Å². The van der Waals surface area contributed by atoms with Crippen LogP contribution in [0.1, 0.15) is 47.5 Å². The van der Waals surface area contributed by atoms with Crippen molar-refractivity contribution in [3.8, 4) is 0 Å². The van der Waals surface area contributed by atoms with Crippen molar-refractivity contribution in [3.05, 3.63) is 51.5 Å². The maximum Gasteiger partial charge on any atom is 0.0968 e. The monoisotopic (exact) mass is 272 g/mol. The van der Waals surface area contributed by atoms with Crippen LogP contribution >= 0.6 is 11.3 Å². The summed E-state index contributed by atoms with van der Waals surface area (Å²) in [6, 6.07) is 7.32. The Morgan fingerprint density at radius 1 is 1.42 bits per heavy atom. The van der Waals surface area contributed by atoms with Gasteiger partial charge in [-0.3, -0.25) is 0 Å². The third-order valence-electron chi connectivity index (χ3n) is 3.83. The van der Waals surface area contributed by atoms with Gasteiger partial charge in [0.25, 0.3) is 0 Å². The van der Waals surface area contributed by atoms with Gasteiger partial charge in [0.15, 0.2) is 0 Å². The molecule has 0 aliphatic heterocycles. The van der Waals surface area contributed by atoms with Gasteiger partial charge in [-0.2, -0.15) is 0 Å². The molecule has 3 heteroatoms. The maximum absolute atomic E-state index is 4.41. The lowest BCUT2D eigenvalue weighted by Crippen LogP contribution is -2.19.